The fourth-order valence-electron chi connectivity index (χ4n) is 2.67. The molecule has 1 saturated carbocycles. The van der Waals surface area contributed by atoms with Crippen LogP contribution < -0.4 is 11.3 Å². The molecule has 0 saturated heterocycles. The van der Waals surface area contributed by atoms with Gasteiger partial charge < -0.3 is 25.6 Å². The Kier molecular flexibility index (Phi) is 2.46. The van der Waals surface area contributed by atoms with E-state index in [-0.39, 0.29) is 23.5 Å². The monoisotopic (exact) mass is 281 g/mol. The lowest BCUT2D eigenvalue weighted by Gasteiger charge is -2.56. The molecule has 0 spiro atoms. The highest BCUT2D eigenvalue weighted by Crippen LogP contribution is 2.50. The van der Waals surface area contributed by atoms with Gasteiger partial charge in [0.25, 0.3) is 5.56 Å². The number of nitrogen functional groups attached to an aromatic ring is 1. The minimum Gasteiger partial charge on any atom is -0.393 e. The number of H-pyrrole nitrogens is 1. The van der Waals surface area contributed by atoms with Gasteiger partial charge in [0.05, 0.1) is 19.0 Å². The Morgan fingerprint density at radius 1 is 1.60 bits per heavy atom. The molecule has 0 bridgehead atoms. The lowest BCUT2D eigenvalue weighted by molar-refractivity contribution is -0.257. The summed E-state index contributed by atoms with van der Waals surface area (Å²) in [4.78, 5) is 22.0. The molecule has 0 radical (unpaired) electrons. The van der Waals surface area contributed by atoms with Crippen LogP contribution in [0.3, 0.4) is 0 Å². The first-order chi connectivity index (χ1) is 9.30. The number of nitrogens with zero attached hydrogens (tertiary/aromatic N) is 3. The van der Waals surface area contributed by atoms with Crippen LogP contribution in [0.2, 0.25) is 0 Å². The van der Waals surface area contributed by atoms with E-state index in [1.54, 1.807) is 0 Å². The first-order valence-electron chi connectivity index (χ1n) is 6.08. The summed E-state index contributed by atoms with van der Waals surface area (Å²) in [5, 5.41) is 29.6. The van der Waals surface area contributed by atoms with Gasteiger partial charge in [-0.05, 0) is 6.92 Å². The number of hydrogen-bond donors (Lipinski definition) is 5. The van der Waals surface area contributed by atoms with Crippen molar-refractivity contribution in [2.75, 3.05) is 12.3 Å². The summed E-state index contributed by atoms with van der Waals surface area (Å²) in [7, 11) is 0. The number of aliphatic hydroxyl groups excluding tert-OH is 1. The highest BCUT2D eigenvalue weighted by molar-refractivity contribution is 5.70. The fourth-order valence-corrected chi connectivity index (χ4v) is 2.67. The summed E-state index contributed by atoms with van der Waals surface area (Å²) < 4.78 is 1.49. The first-order valence-corrected chi connectivity index (χ1v) is 6.08. The molecule has 0 aliphatic heterocycles. The molecule has 6 N–H and O–H groups in total. The van der Waals surface area contributed by atoms with Gasteiger partial charge in [-0.15, -0.1) is 0 Å². The zero-order chi connectivity index (χ0) is 14.7. The summed E-state index contributed by atoms with van der Waals surface area (Å²) >= 11 is 0. The lowest BCUT2D eigenvalue weighted by atomic mass is 9.62. The Morgan fingerprint density at radius 2 is 2.30 bits per heavy atom. The van der Waals surface area contributed by atoms with E-state index < -0.39 is 29.4 Å². The molecule has 0 unspecified atom stereocenters. The number of nitrogens with one attached hydrogen (secondary N) is 1. The summed E-state index contributed by atoms with van der Waals surface area (Å²) in [6.45, 7) is 0.860. The smallest absolute Gasteiger partial charge is 0.280 e. The zero-order valence-electron chi connectivity index (χ0n) is 10.7. The van der Waals surface area contributed by atoms with Gasteiger partial charge in [-0.25, -0.2) is 4.98 Å². The van der Waals surface area contributed by atoms with Crippen molar-refractivity contribution >= 4 is 17.1 Å². The van der Waals surface area contributed by atoms with Crippen LogP contribution in [-0.4, -0.2) is 52.6 Å². The molecular formula is C11H15N5O4. The van der Waals surface area contributed by atoms with Gasteiger partial charge in [-0.2, -0.15) is 4.98 Å². The molecule has 0 amide bonds. The normalized spacial score (nSPS) is 33.3. The van der Waals surface area contributed by atoms with Gasteiger partial charge in [-0.3, -0.25) is 9.78 Å². The highest BCUT2D eigenvalue weighted by Gasteiger charge is 2.62. The van der Waals surface area contributed by atoms with Gasteiger partial charge in [0.1, 0.15) is 11.2 Å². The van der Waals surface area contributed by atoms with Gasteiger partial charge in [0.15, 0.2) is 11.2 Å². The predicted molar refractivity (Wildman–Crippen MR) is 68.9 cm³/mol. The molecule has 2 aromatic rings. The number of aromatic amines is 1. The van der Waals surface area contributed by atoms with Crippen LogP contribution >= 0.6 is 0 Å². The molecule has 20 heavy (non-hydrogen) atoms. The highest BCUT2D eigenvalue weighted by atomic mass is 16.4. The maximum Gasteiger partial charge on any atom is 0.280 e. The Bertz CT molecular complexity index is 736. The molecule has 2 heterocycles. The van der Waals surface area contributed by atoms with E-state index in [2.05, 4.69) is 15.0 Å². The minimum absolute atomic E-state index is 0.0550. The molecule has 1 fully saturated rings. The Balaban J connectivity index is 2.12. The summed E-state index contributed by atoms with van der Waals surface area (Å²) in [6, 6.07) is -0.557. The van der Waals surface area contributed by atoms with E-state index >= 15 is 0 Å². The van der Waals surface area contributed by atoms with E-state index in [0.717, 1.165) is 0 Å². The molecule has 3 rings (SSSR count). The average Bonchev–Trinajstić information content (AvgIpc) is 2.78. The van der Waals surface area contributed by atoms with Crippen LogP contribution in [0.4, 0.5) is 5.95 Å². The van der Waals surface area contributed by atoms with Crippen molar-refractivity contribution in [3.8, 4) is 0 Å². The molecule has 108 valence electrons. The van der Waals surface area contributed by atoms with Crippen molar-refractivity contribution in [1.82, 2.24) is 19.5 Å². The summed E-state index contributed by atoms with van der Waals surface area (Å²) in [5.41, 5.74) is 2.23. The molecule has 1 aliphatic rings. The van der Waals surface area contributed by atoms with Gasteiger partial charge in [0.2, 0.25) is 5.95 Å². The number of aliphatic hydroxyl groups is 3. The molecule has 2 aromatic heterocycles. The van der Waals surface area contributed by atoms with Crippen molar-refractivity contribution in [3.05, 3.63) is 16.7 Å². The van der Waals surface area contributed by atoms with Crippen molar-refractivity contribution in [2.45, 2.75) is 30.6 Å². The Labute approximate surface area is 112 Å². The van der Waals surface area contributed by atoms with E-state index in [4.69, 9.17) is 5.73 Å². The van der Waals surface area contributed by atoms with E-state index in [1.807, 2.05) is 0 Å². The fraction of sp³-hybridized carbons (Fsp3) is 0.545. The van der Waals surface area contributed by atoms with Gasteiger partial charge in [0, 0.05) is 6.42 Å². The van der Waals surface area contributed by atoms with Gasteiger partial charge >= 0.3 is 0 Å². The molecule has 3 atom stereocenters. The zero-order valence-corrected chi connectivity index (χ0v) is 10.7. The second-order valence-electron chi connectivity index (χ2n) is 5.33. The Morgan fingerprint density at radius 3 is 2.90 bits per heavy atom. The number of aromatic nitrogens is 4. The van der Waals surface area contributed by atoms with Crippen LogP contribution in [-0.2, 0) is 0 Å². The van der Waals surface area contributed by atoms with E-state index in [9.17, 15) is 20.1 Å². The minimum atomic E-state index is -1.58. The maximum atomic E-state index is 11.7. The third kappa shape index (κ3) is 1.45. The van der Waals surface area contributed by atoms with E-state index in [0.29, 0.717) is 0 Å². The van der Waals surface area contributed by atoms with Crippen molar-refractivity contribution in [3.63, 3.8) is 0 Å². The first kappa shape index (κ1) is 13.0. The molecule has 0 aromatic carbocycles. The second-order valence-corrected chi connectivity index (χ2v) is 5.33. The van der Waals surface area contributed by atoms with Crippen molar-refractivity contribution < 1.29 is 15.3 Å². The SMILES string of the molecule is C[C@]1(O)[C@H](n2cnc3c(=O)[nH]c(N)nc32)C[C@]1(O)CO. The van der Waals surface area contributed by atoms with Crippen LogP contribution in [0.1, 0.15) is 19.4 Å². The molecule has 9 nitrogen and oxygen atoms in total. The summed E-state index contributed by atoms with van der Waals surface area (Å²) in [5.74, 6) is -0.0550. The third-order valence-corrected chi connectivity index (χ3v) is 4.17. The van der Waals surface area contributed by atoms with Crippen LogP contribution in [0.25, 0.3) is 11.2 Å². The van der Waals surface area contributed by atoms with Crippen LogP contribution in [0, 0.1) is 0 Å². The molecule has 1 aliphatic carbocycles. The summed E-state index contributed by atoms with van der Waals surface area (Å²) in [6.07, 6.45) is 1.48. The molecule has 9 heteroatoms. The maximum absolute atomic E-state index is 11.7. The van der Waals surface area contributed by atoms with E-state index in [1.165, 1.54) is 17.8 Å². The number of imidazole rings is 1. The third-order valence-electron chi connectivity index (χ3n) is 4.17. The average molecular weight is 281 g/mol. The number of anilines is 1. The number of fused-ring (bicyclic) bond motifs is 1. The quantitative estimate of drug-likeness (QED) is 0.432. The number of hydrogen-bond acceptors (Lipinski definition) is 7. The Hall–Kier alpha value is -1.97. The number of nitrogens with two attached hydrogens (primary N) is 1. The van der Waals surface area contributed by atoms with Crippen molar-refractivity contribution in [1.29, 1.82) is 0 Å². The standard InChI is InChI=1S/C11H15N5O4/c1-10(19)5(2-11(10,20)3-17)16-4-13-6-7(16)14-9(12)15-8(6)18/h4-5,17,19-20H,2-3H2,1H3,(H3,12,14,15,18)/t5-,10+,11+/m1/s1. The topological polar surface area (TPSA) is 150 Å². The molecular weight excluding hydrogens is 266 g/mol. The largest absolute Gasteiger partial charge is 0.393 e. The van der Waals surface area contributed by atoms with Gasteiger partial charge in [-0.1, -0.05) is 0 Å². The number of rotatable bonds is 2. The van der Waals surface area contributed by atoms with Crippen LogP contribution in [0.5, 0.6) is 0 Å². The van der Waals surface area contributed by atoms with Crippen LogP contribution in [0.15, 0.2) is 11.1 Å². The lowest BCUT2D eigenvalue weighted by Crippen LogP contribution is -2.69. The second kappa shape index (κ2) is 3.78. The predicted octanol–water partition coefficient (Wildman–Crippen LogP) is -1.88. The van der Waals surface area contributed by atoms with Crippen molar-refractivity contribution in [2.24, 2.45) is 0 Å².